The highest BCUT2D eigenvalue weighted by atomic mass is 16.5. The van der Waals surface area contributed by atoms with Crippen molar-refractivity contribution in [3.05, 3.63) is 29.8 Å². The first-order valence-corrected chi connectivity index (χ1v) is 7.12. The molecule has 1 aliphatic rings. The lowest BCUT2D eigenvalue weighted by atomic mass is 10.1. The first-order chi connectivity index (χ1) is 9.38. The SMILES string of the molecule is CCOc1cccc(CCNC2=NCCCCN2)c1. The van der Waals surface area contributed by atoms with E-state index in [0.29, 0.717) is 6.61 Å². The zero-order valence-corrected chi connectivity index (χ0v) is 11.6. The molecule has 1 aromatic rings. The van der Waals surface area contributed by atoms with Gasteiger partial charge in [-0.05, 0) is 43.9 Å². The molecule has 1 aromatic carbocycles. The molecule has 0 atom stereocenters. The number of hydrogen-bond donors (Lipinski definition) is 2. The first-order valence-electron chi connectivity index (χ1n) is 7.12. The third-order valence-corrected chi connectivity index (χ3v) is 3.06. The van der Waals surface area contributed by atoms with E-state index in [9.17, 15) is 0 Å². The molecule has 0 unspecified atom stereocenters. The van der Waals surface area contributed by atoms with Gasteiger partial charge in [0.25, 0.3) is 0 Å². The van der Waals surface area contributed by atoms with Crippen molar-refractivity contribution >= 4 is 5.96 Å². The van der Waals surface area contributed by atoms with E-state index in [2.05, 4.69) is 27.8 Å². The molecule has 0 saturated carbocycles. The molecule has 1 heterocycles. The van der Waals surface area contributed by atoms with Crippen LogP contribution in [0.4, 0.5) is 0 Å². The predicted molar refractivity (Wildman–Crippen MR) is 78.9 cm³/mol. The van der Waals surface area contributed by atoms with E-state index < -0.39 is 0 Å². The fourth-order valence-electron chi connectivity index (χ4n) is 2.09. The Morgan fingerprint density at radius 1 is 1.37 bits per heavy atom. The summed E-state index contributed by atoms with van der Waals surface area (Å²) in [5.74, 6) is 1.89. The summed E-state index contributed by atoms with van der Waals surface area (Å²) < 4.78 is 5.50. The van der Waals surface area contributed by atoms with E-state index in [-0.39, 0.29) is 0 Å². The van der Waals surface area contributed by atoms with Gasteiger partial charge < -0.3 is 15.4 Å². The molecule has 0 saturated heterocycles. The van der Waals surface area contributed by atoms with Gasteiger partial charge in [-0.1, -0.05) is 12.1 Å². The Labute approximate surface area is 115 Å². The monoisotopic (exact) mass is 261 g/mol. The van der Waals surface area contributed by atoms with E-state index in [1.54, 1.807) is 0 Å². The molecule has 0 bridgehead atoms. The van der Waals surface area contributed by atoms with Crippen LogP contribution >= 0.6 is 0 Å². The van der Waals surface area contributed by atoms with E-state index >= 15 is 0 Å². The van der Waals surface area contributed by atoms with Gasteiger partial charge >= 0.3 is 0 Å². The van der Waals surface area contributed by atoms with Crippen LogP contribution in [0.2, 0.25) is 0 Å². The molecule has 2 rings (SSSR count). The summed E-state index contributed by atoms with van der Waals surface area (Å²) in [5, 5.41) is 6.67. The molecule has 0 fully saturated rings. The smallest absolute Gasteiger partial charge is 0.191 e. The van der Waals surface area contributed by atoms with Crippen LogP contribution in [0.1, 0.15) is 25.3 Å². The molecule has 2 N–H and O–H groups in total. The van der Waals surface area contributed by atoms with Crippen LogP contribution < -0.4 is 15.4 Å². The molecule has 4 nitrogen and oxygen atoms in total. The zero-order chi connectivity index (χ0) is 13.3. The molecule has 104 valence electrons. The summed E-state index contributed by atoms with van der Waals surface area (Å²) in [5.41, 5.74) is 1.28. The van der Waals surface area contributed by atoms with Gasteiger partial charge in [0.2, 0.25) is 0 Å². The fourth-order valence-corrected chi connectivity index (χ4v) is 2.09. The number of hydrogen-bond acceptors (Lipinski definition) is 4. The Morgan fingerprint density at radius 3 is 3.21 bits per heavy atom. The Hall–Kier alpha value is -1.71. The van der Waals surface area contributed by atoms with Crippen LogP contribution in [0.5, 0.6) is 5.75 Å². The Bertz CT molecular complexity index is 418. The molecular weight excluding hydrogens is 238 g/mol. The minimum atomic E-state index is 0.711. The minimum absolute atomic E-state index is 0.711. The number of aliphatic imine (C=N–C) groups is 1. The average Bonchev–Trinajstić information content (AvgIpc) is 2.68. The van der Waals surface area contributed by atoms with Crippen LogP contribution in [0.15, 0.2) is 29.3 Å². The number of benzene rings is 1. The first kappa shape index (κ1) is 13.7. The average molecular weight is 261 g/mol. The highest BCUT2D eigenvalue weighted by Crippen LogP contribution is 2.13. The molecule has 0 spiro atoms. The Balaban J connectivity index is 1.78. The summed E-state index contributed by atoms with van der Waals surface area (Å²) in [7, 11) is 0. The van der Waals surface area contributed by atoms with Crippen molar-refractivity contribution in [1.82, 2.24) is 10.6 Å². The zero-order valence-electron chi connectivity index (χ0n) is 11.6. The predicted octanol–water partition coefficient (Wildman–Crippen LogP) is 1.96. The fraction of sp³-hybridized carbons (Fsp3) is 0.533. The van der Waals surface area contributed by atoms with Crippen molar-refractivity contribution in [2.45, 2.75) is 26.2 Å². The molecule has 0 aromatic heterocycles. The van der Waals surface area contributed by atoms with E-state index in [0.717, 1.165) is 37.8 Å². The second-order valence-corrected chi connectivity index (χ2v) is 4.62. The van der Waals surface area contributed by atoms with Crippen LogP contribution in [-0.4, -0.2) is 32.2 Å². The largest absolute Gasteiger partial charge is 0.494 e. The van der Waals surface area contributed by atoms with E-state index in [1.165, 1.54) is 18.4 Å². The lowest BCUT2D eigenvalue weighted by Gasteiger charge is -2.10. The van der Waals surface area contributed by atoms with Gasteiger partial charge in [0.15, 0.2) is 5.96 Å². The topological polar surface area (TPSA) is 45.6 Å². The maximum absolute atomic E-state index is 5.50. The summed E-state index contributed by atoms with van der Waals surface area (Å²) in [6.07, 6.45) is 3.35. The third-order valence-electron chi connectivity index (χ3n) is 3.06. The molecular formula is C15H23N3O. The van der Waals surface area contributed by atoms with Gasteiger partial charge in [0.05, 0.1) is 6.61 Å². The molecule has 19 heavy (non-hydrogen) atoms. The van der Waals surface area contributed by atoms with Gasteiger partial charge in [-0.15, -0.1) is 0 Å². The molecule has 1 aliphatic heterocycles. The maximum atomic E-state index is 5.50. The van der Waals surface area contributed by atoms with Gasteiger partial charge in [-0.25, -0.2) is 0 Å². The van der Waals surface area contributed by atoms with E-state index in [1.807, 2.05) is 19.1 Å². The van der Waals surface area contributed by atoms with Crippen LogP contribution in [0, 0.1) is 0 Å². The summed E-state index contributed by atoms with van der Waals surface area (Å²) >= 11 is 0. The standard InChI is InChI=1S/C15H23N3O/c1-2-19-14-7-5-6-13(12-14)8-11-18-15-16-9-3-4-10-17-15/h5-7,12H,2-4,8-11H2,1H3,(H2,16,17,18). The van der Waals surface area contributed by atoms with Crippen molar-refractivity contribution in [2.24, 2.45) is 4.99 Å². The number of rotatable bonds is 5. The van der Waals surface area contributed by atoms with Crippen molar-refractivity contribution in [2.75, 3.05) is 26.2 Å². The second kappa shape index (κ2) is 7.67. The number of ether oxygens (including phenoxy) is 1. The van der Waals surface area contributed by atoms with Gasteiger partial charge in [-0.2, -0.15) is 0 Å². The maximum Gasteiger partial charge on any atom is 0.191 e. The normalized spacial score (nSPS) is 15.1. The number of nitrogens with one attached hydrogen (secondary N) is 2. The third kappa shape index (κ3) is 4.81. The van der Waals surface area contributed by atoms with Crippen molar-refractivity contribution in [3.8, 4) is 5.75 Å². The highest BCUT2D eigenvalue weighted by molar-refractivity contribution is 5.79. The van der Waals surface area contributed by atoms with Crippen molar-refractivity contribution in [1.29, 1.82) is 0 Å². The van der Waals surface area contributed by atoms with Crippen LogP contribution in [0.25, 0.3) is 0 Å². The molecule has 4 heteroatoms. The number of nitrogens with zero attached hydrogens (tertiary/aromatic N) is 1. The van der Waals surface area contributed by atoms with Crippen LogP contribution in [-0.2, 0) is 6.42 Å². The summed E-state index contributed by atoms with van der Waals surface area (Å²) in [6.45, 7) is 5.55. The lowest BCUT2D eigenvalue weighted by molar-refractivity contribution is 0.340. The van der Waals surface area contributed by atoms with E-state index in [4.69, 9.17) is 4.74 Å². The van der Waals surface area contributed by atoms with Gasteiger partial charge in [0.1, 0.15) is 5.75 Å². The van der Waals surface area contributed by atoms with Crippen LogP contribution in [0.3, 0.4) is 0 Å². The number of guanidine groups is 1. The quantitative estimate of drug-likeness (QED) is 0.851. The Kier molecular flexibility index (Phi) is 5.53. The van der Waals surface area contributed by atoms with Gasteiger partial charge in [0, 0.05) is 19.6 Å². The minimum Gasteiger partial charge on any atom is -0.494 e. The lowest BCUT2D eigenvalue weighted by Crippen LogP contribution is -2.38. The molecule has 0 amide bonds. The van der Waals surface area contributed by atoms with Gasteiger partial charge in [-0.3, -0.25) is 4.99 Å². The second-order valence-electron chi connectivity index (χ2n) is 4.62. The highest BCUT2D eigenvalue weighted by Gasteiger charge is 2.02. The Morgan fingerprint density at radius 2 is 2.32 bits per heavy atom. The molecule has 0 radical (unpaired) electrons. The van der Waals surface area contributed by atoms with Crippen molar-refractivity contribution < 1.29 is 4.74 Å². The summed E-state index contributed by atoms with van der Waals surface area (Å²) in [6, 6.07) is 8.28. The van der Waals surface area contributed by atoms with Crippen molar-refractivity contribution in [3.63, 3.8) is 0 Å². The molecule has 0 aliphatic carbocycles. The summed E-state index contributed by atoms with van der Waals surface area (Å²) in [4.78, 5) is 4.47.